The first-order chi connectivity index (χ1) is 9.50. The molecule has 0 unspecified atom stereocenters. The summed E-state index contributed by atoms with van der Waals surface area (Å²) in [6, 6.07) is 12.5. The number of hydrogen-bond donors (Lipinski definition) is 1. The van der Waals surface area contributed by atoms with Crippen LogP contribution in [0, 0.1) is 6.92 Å². The van der Waals surface area contributed by atoms with Crippen LogP contribution in [0.25, 0.3) is 0 Å². The van der Waals surface area contributed by atoms with Gasteiger partial charge in [-0.15, -0.1) is 0 Å². The number of fused-ring (bicyclic) bond motifs is 1. The van der Waals surface area contributed by atoms with E-state index >= 15 is 0 Å². The van der Waals surface area contributed by atoms with E-state index < -0.39 is 10.0 Å². The standard InChI is InChI=1S/C15H16N2O2S/c1-11-4-2-6-13(10-11)20(18,19)17-9-8-12-5-3-7-14(16)15(12)17/h2-7,10H,8-9,16H2,1H3. The quantitative estimate of drug-likeness (QED) is 0.863. The van der Waals surface area contributed by atoms with Crippen molar-refractivity contribution in [2.75, 3.05) is 16.6 Å². The monoisotopic (exact) mass is 288 g/mol. The van der Waals surface area contributed by atoms with E-state index in [0.29, 0.717) is 29.2 Å². The van der Waals surface area contributed by atoms with E-state index in [1.54, 1.807) is 24.3 Å². The zero-order valence-electron chi connectivity index (χ0n) is 11.2. The molecule has 0 radical (unpaired) electrons. The lowest BCUT2D eigenvalue weighted by molar-refractivity contribution is 0.592. The number of nitrogens with two attached hydrogens (primary N) is 1. The Morgan fingerprint density at radius 2 is 1.90 bits per heavy atom. The van der Waals surface area contributed by atoms with Crippen molar-refractivity contribution < 1.29 is 8.42 Å². The molecule has 0 saturated carbocycles. The van der Waals surface area contributed by atoms with Crippen LogP contribution in [-0.2, 0) is 16.4 Å². The largest absolute Gasteiger partial charge is 0.397 e. The van der Waals surface area contributed by atoms with E-state index in [-0.39, 0.29) is 0 Å². The van der Waals surface area contributed by atoms with E-state index in [1.165, 1.54) is 4.31 Å². The van der Waals surface area contributed by atoms with Crippen LogP contribution in [0.5, 0.6) is 0 Å². The molecule has 4 nitrogen and oxygen atoms in total. The molecule has 2 aromatic rings. The highest BCUT2D eigenvalue weighted by Gasteiger charge is 2.32. The minimum Gasteiger partial charge on any atom is -0.397 e. The first kappa shape index (κ1) is 13.0. The minimum atomic E-state index is -3.54. The van der Waals surface area contributed by atoms with E-state index in [1.807, 2.05) is 25.1 Å². The molecule has 1 aliphatic rings. The van der Waals surface area contributed by atoms with Crippen molar-refractivity contribution in [2.45, 2.75) is 18.2 Å². The molecule has 1 heterocycles. The second-order valence-corrected chi connectivity index (χ2v) is 6.86. The maximum Gasteiger partial charge on any atom is 0.264 e. The molecule has 104 valence electrons. The van der Waals surface area contributed by atoms with Crippen molar-refractivity contribution in [3.05, 3.63) is 53.6 Å². The second-order valence-electron chi connectivity index (χ2n) is 5.00. The first-order valence-electron chi connectivity index (χ1n) is 6.47. The topological polar surface area (TPSA) is 63.4 Å². The van der Waals surface area contributed by atoms with Crippen molar-refractivity contribution in [2.24, 2.45) is 0 Å². The van der Waals surface area contributed by atoms with Crippen LogP contribution < -0.4 is 10.0 Å². The predicted molar refractivity (Wildman–Crippen MR) is 80.3 cm³/mol. The summed E-state index contributed by atoms with van der Waals surface area (Å²) in [4.78, 5) is 0.314. The van der Waals surface area contributed by atoms with Crippen molar-refractivity contribution in [1.29, 1.82) is 0 Å². The summed E-state index contributed by atoms with van der Waals surface area (Å²) in [6.45, 7) is 2.32. The summed E-state index contributed by atoms with van der Waals surface area (Å²) in [7, 11) is -3.54. The van der Waals surface area contributed by atoms with Gasteiger partial charge in [0.15, 0.2) is 0 Å². The van der Waals surface area contributed by atoms with Gasteiger partial charge in [-0.05, 0) is 42.7 Å². The number of sulfonamides is 1. The number of aryl methyl sites for hydroxylation is 1. The Balaban J connectivity index is 2.12. The Morgan fingerprint density at radius 3 is 2.65 bits per heavy atom. The van der Waals surface area contributed by atoms with Gasteiger partial charge >= 0.3 is 0 Å². The fourth-order valence-corrected chi connectivity index (χ4v) is 4.23. The average Bonchev–Trinajstić information content (AvgIpc) is 2.85. The SMILES string of the molecule is Cc1cccc(S(=O)(=O)N2CCc3cccc(N)c32)c1. The Morgan fingerprint density at radius 1 is 1.15 bits per heavy atom. The highest BCUT2D eigenvalue weighted by atomic mass is 32.2. The van der Waals surface area contributed by atoms with Crippen molar-refractivity contribution in [1.82, 2.24) is 0 Å². The van der Waals surface area contributed by atoms with E-state index in [0.717, 1.165) is 11.1 Å². The lowest BCUT2D eigenvalue weighted by atomic mass is 10.1. The average molecular weight is 288 g/mol. The fourth-order valence-electron chi connectivity index (χ4n) is 2.59. The molecule has 1 aliphatic heterocycles. The van der Waals surface area contributed by atoms with Gasteiger partial charge in [-0.3, -0.25) is 4.31 Å². The molecule has 20 heavy (non-hydrogen) atoms. The Kier molecular flexibility index (Phi) is 2.94. The van der Waals surface area contributed by atoms with Gasteiger partial charge in [0.25, 0.3) is 10.0 Å². The van der Waals surface area contributed by atoms with Crippen LogP contribution in [0.3, 0.4) is 0 Å². The van der Waals surface area contributed by atoms with Gasteiger partial charge < -0.3 is 5.73 Å². The first-order valence-corrected chi connectivity index (χ1v) is 7.91. The van der Waals surface area contributed by atoms with Crippen LogP contribution in [0.15, 0.2) is 47.4 Å². The van der Waals surface area contributed by atoms with Gasteiger partial charge in [0.05, 0.1) is 16.3 Å². The second kappa shape index (κ2) is 4.52. The summed E-state index contributed by atoms with van der Waals surface area (Å²) < 4.78 is 27.0. The smallest absolute Gasteiger partial charge is 0.264 e. The summed E-state index contributed by atoms with van der Waals surface area (Å²) in [5.74, 6) is 0. The van der Waals surface area contributed by atoms with Gasteiger partial charge in [-0.1, -0.05) is 24.3 Å². The molecular formula is C15H16N2O2S. The molecule has 0 saturated heterocycles. The normalized spacial score (nSPS) is 14.3. The van der Waals surface area contributed by atoms with E-state index in [9.17, 15) is 8.42 Å². The lowest BCUT2D eigenvalue weighted by Gasteiger charge is -2.21. The third-order valence-corrected chi connectivity index (χ3v) is 5.36. The number of para-hydroxylation sites is 1. The van der Waals surface area contributed by atoms with Gasteiger partial charge in [0.1, 0.15) is 0 Å². The summed E-state index contributed by atoms with van der Waals surface area (Å²) >= 11 is 0. The highest BCUT2D eigenvalue weighted by molar-refractivity contribution is 7.92. The summed E-state index contributed by atoms with van der Waals surface area (Å²) in [6.07, 6.45) is 0.700. The molecule has 0 aromatic heterocycles. The maximum atomic E-state index is 12.8. The van der Waals surface area contributed by atoms with Crippen molar-refractivity contribution in [3.63, 3.8) is 0 Å². The van der Waals surface area contributed by atoms with Gasteiger partial charge in [0.2, 0.25) is 0 Å². The minimum absolute atomic E-state index is 0.314. The molecule has 0 spiro atoms. The summed E-state index contributed by atoms with van der Waals surface area (Å²) in [5.41, 5.74) is 9.01. The Labute approximate surface area is 118 Å². The molecule has 0 aliphatic carbocycles. The number of rotatable bonds is 2. The van der Waals surface area contributed by atoms with Crippen LogP contribution in [0.1, 0.15) is 11.1 Å². The number of benzene rings is 2. The molecule has 0 amide bonds. The number of anilines is 2. The van der Waals surface area contributed by atoms with Crippen LogP contribution in [0.2, 0.25) is 0 Å². The van der Waals surface area contributed by atoms with Crippen LogP contribution >= 0.6 is 0 Å². The highest BCUT2D eigenvalue weighted by Crippen LogP contribution is 2.37. The summed E-state index contributed by atoms with van der Waals surface area (Å²) in [5, 5.41) is 0. The van der Waals surface area contributed by atoms with Crippen molar-refractivity contribution in [3.8, 4) is 0 Å². The third-order valence-electron chi connectivity index (χ3n) is 3.56. The molecule has 3 rings (SSSR count). The van der Waals surface area contributed by atoms with Crippen LogP contribution in [-0.4, -0.2) is 15.0 Å². The number of nitrogen functional groups attached to an aromatic ring is 1. The predicted octanol–water partition coefficient (Wildman–Crippen LogP) is 2.33. The molecule has 0 bridgehead atoms. The molecule has 2 aromatic carbocycles. The molecule has 2 N–H and O–H groups in total. The molecular weight excluding hydrogens is 272 g/mol. The zero-order chi connectivity index (χ0) is 14.3. The maximum absolute atomic E-state index is 12.8. The lowest BCUT2D eigenvalue weighted by Crippen LogP contribution is -2.29. The Hall–Kier alpha value is -2.01. The van der Waals surface area contributed by atoms with E-state index in [2.05, 4.69) is 0 Å². The number of hydrogen-bond acceptors (Lipinski definition) is 3. The molecule has 0 atom stereocenters. The van der Waals surface area contributed by atoms with Gasteiger partial charge in [-0.2, -0.15) is 0 Å². The number of nitrogens with zero attached hydrogens (tertiary/aromatic N) is 1. The molecule has 0 fully saturated rings. The van der Waals surface area contributed by atoms with E-state index in [4.69, 9.17) is 5.73 Å². The molecule has 5 heteroatoms. The van der Waals surface area contributed by atoms with Gasteiger partial charge in [0, 0.05) is 6.54 Å². The Bertz CT molecular complexity index is 769. The van der Waals surface area contributed by atoms with Crippen molar-refractivity contribution >= 4 is 21.4 Å². The fraction of sp³-hybridized carbons (Fsp3) is 0.200. The van der Waals surface area contributed by atoms with Crippen LogP contribution in [0.4, 0.5) is 11.4 Å². The third kappa shape index (κ3) is 1.94. The zero-order valence-corrected chi connectivity index (χ0v) is 12.0. The van der Waals surface area contributed by atoms with Gasteiger partial charge in [-0.25, -0.2) is 8.42 Å².